The number of aromatic nitrogens is 1. The fraction of sp³-hybridized carbons (Fsp3) is 0.667. The Labute approximate surface area is 114 Å². The number of H-pyrrole nitrogens is 1. The lowest BCUT2D eigenvalue weighted by molar-refractivity contribution is 0.361. The number of aromatic amines is 1. The maximum Gasteiger partial charge on any atom is 0.244 e. The first-order chi connectivity index (χ1) is 8.45. The highest BCUT2D eigenvalue weighted by Crippen LogP contribution is 2.19. The van der Waals surface area contributed by atoms with Gasteiger partial charge in [-0.1, -0.05) is 27.2 Å². The molecule has 0 spiro atoms. The van der Waals surface area contributed by atoms with E-state index in [1.54, 1.807) is 6.07 Å². The standard InChI is InChI=1S/C12H21ClN2O2S/c1-4-10(3)9-15(5-2)18(16,17)12-6-11(7-13)14-8-12/h6,8,10,14H,4-5,7,9H2,1-3H3. The van der Waals surface area contributed by atoms with E-state index in [1.807, 2.05) is 6.92 Å². The predicted molar refractivity (Wildman–Crippen MR) is 74.2 cm³/mol. The predicted octanol–water partition coefficient (Wildman–Crippen LogP) is 2.81. The summed E-state index contributed by atoms with van der Waals surface area (Å²) in [4.78, 5) is 3.16. The summed E-state index contributed by atoms with van der Waals surface area (Å²) in [7, 11) is -3.40. The minimum Gasteiger partial charge on any atom is -0.363 e. The third kappa shape index (κ3) is 3.49. The Kier molecular flexibility index (Phi) is 5.69. The van der Waals surface area contributed by atoms with Crippen molar-refractivity contribution >= 4 is 21.6 Å². The first-order valence-corrected chi connectivity index (χ1v) is 8.16. The molecule has 0 fully saturated rings. The van der Waals surface area contributed by atoms with Gasteiger partial charge in [0, 0.05) is 25.0 Å². The van der Waals surface area contributed by atoms with Gasteiger partial charge in [-0.25, -0.2) is 8.42 Å². The van der Waals surface area contributed by atoms with E-state index in [1.165, 1.54) is 10.5 Å². The molecule has 0 aliphatic heterocycles. The monoisotopic (exact) mass is 292 g/mol. The first kappa shape index (κ1) is 15.5. The smallest absolute Gasteiger partial charge is 0.244 e. The summed E-state index contributed by atoms with van der Waals surface area (Å²) >= 11 is 5.67. The van der Waals surface area contributed by atoms with Gasteiger partial charge in [-0.3, -0.25) is 0 Å². The molecule has 0 saturated heterocycles. The molecule has 4 nitrogen and oxygen atoms in total. The number of hydrogen-bond acceptors (Lipinski definition) is 2. The van der Waals surface area contributed by atoms with Gasteiger partial charge in [0.25, 0.3) is 0 Å². The molecular weight excluding hydrogens is 272 g/mol. The topological polar surface area (TPSA) is 53.2 Å². The fourth-order valence-electron chi connectivity index (χ4n) is 1.67. The highest BCUT2D eigenvalue weighted by molar-refractivity contribution is 7.89. The van der Waals surface area contributed by atoms with Crippen LogP contribution in [-0.4, -0.2) is 30.8 Å². The van der Waals surface area contributed by atoms with Crippen molar-refractivity contribution in [2.45, 2.75) is 38.0 Å². The summed E-state index contributed by atoms with van der Waals surface area (Å²) in [5.41, 5.74) is 0.717. The van der Waals surface area contributed by atoms with Crippen LogP contribution in [-0.2, 0) is 15.9 Å². The molecular formula is C12H21ClN2O2S. The molecule has 0 aliphatic carbocycles. The van der Waals surface area contributed by atoms with Crippen molar-refractivity contribution < 1.29 is 8.42 Å². The molecule has 0 bridgehead atoms. The van der Waals surface area contributed by atoms with Crippen molar-refractivity contribution in [3.8, 4) is 0 Å². The van der Waals surface area contributed by atoms with Crippen LogP contribution in [0, 0.1) is 5.92 Å². The summed E-state index contributed by atoms with van der Waals surface area (Å²) in [6, 6.07) is 1.60. The molecule has 0 aromatic carbocycles. The van der Waals surface area contributed by atoms with Crippen LogP contribution in [0.3, 0.4) is 0 Å². The largest absolute Gasteiger partial charge is 0.363 e. The molecule has 0 amide bonds. The number of hydrogen-bond donors (Lipinski definition) is 1. The Bertz CT molecular complexity index is 470. The average molecular weight is 293 g/mol. The Morgan fingerprint density at radius 2 is 2.11 bits per heavy atom. The summed E-state index contributed by atoms with van der Waals surface area (Å²) in [5.74, 6) is 0.638. The molecule has 0 aliphatic rings. The third-order valence-corrected chi connectivity index (χ3v) is 5.27. The maximum absolute atomic E-state index is 12.4. The van der Waals surface area contributed by atoms with Crippen molar-refractivity contribution in [1.29, 1.82) is 0 Å². The van der Waals surface area contributed by atoms with Crippen LogP contribution in [0.15, 0.2) is 17.2 Å². The molecule has 1 heterocycles. The van der Waals surface area contributed by atoms with Crippen molar-refractivity contribution in [1.82, 2.24) is 9.29 Å². The van der Waals surface area contributed by atoms with E-state index >= 15 is 0 Å². The van der Waals surface area contributed by atoms with Gasteiger partial charge in [0.1, 0.15) is 0 Å². The van der Waals surface area contributed by atoms with E-state index in [0.29, 0.717) is 23.9 Å². The zero-order valence-corrected chi connectivity index (χ0v) is 12.7. The molecule has 1 unspecified atom stereocenters. The highest BCUT2D eigenvalue weighted by atomic mass is 35.5. The fourth-order valence-corrected chi connectivity index (χ4v) is 3.41. The van der Waals surface area contributed by atoms with Crippen LogP contribution in [0.5, 0.6) is 0 Å². The first-order valence-electron chi connectivity index (χ1n) is 6.19. The molecule has 1 aromatic heterocycles. The zero-order valence-electron chi connectivity index (χ0n) is 11.1. The van der Waals surface area contributed by atoms with Gasteiger partial charge in [-0.2, -0.15) is 4.31 Å². The maximum atomic E-state index is 12.4. The number of halogens is 1. The summed E-state index contributed by atoms with van der Waals surface area (Å²) in [6.45, 7) is 7.01. The lowest BCUT2D eigenvalue weighted by Gasteiger charge is -2.22. The second kappa shape index (κ2) is 6.59. The van der Waals surface area contributed by atoms with Gasteiger partial charge >= 0.3 is 0 Å². The molecule has 1 rings (SSSR count). The Hall–Kier alpha value is -0.520. The zero-order chi connectivity index (χ0) is 13.8. The van der Waals surface area contributed by atoms with Gasteiger partial charge in [-0.15, -0.1) is 11.6 Å². The number of nitrogens with zero attached hydrogens (tertiary/aromatic N) is 1. The highest BCUT2D eigenvalue weighted by Gasteiger charge is 2.25. The molecule has 1 aromatic rings. The summed E-state index contributed by atoms with van der Waals surface area (Å²) in [5, 5.41) is 0. The minimum atomic E-state index is -3.40. The van der Waals surface area contributed by atoms with Crippen LogP contribution >= 0.6 is 11.6 Å². The van der Waals surface area contributed by atoms with Gasteiger partial charge in [0.2, 0.25) is 10.0 Å². The van der Waals surface area contributed by atoms with Gasteiger partial charge in [-0.05, 0) is 12.0 Å². The van der Waals surface area contributed by atoms with E-state index in [4.69, 9.17) is 11.6 Å². The molecule has 0 radical (unpaired) electrons. The van der Waals surface area contributed by atoms with Crippen molar-refractivity contribution in [3.63, 3.8) is 0 Å². The Morgan fingerprint density at radius 3 is 2.56 bits per heavy atom. The lowest BCUT2D eigenvalue weighted by Crippen LogP contribution is -2.34. The molecule has 18 heavy (non-hydrogen) atoms. The third-order valence-electron chi connectivity index (χ3n) is 3.06. The number of rotatable bonds is 7. The quantitative estimate of drug-likeness (QED) is 0.786. The number of nitrogens with one attached hydrogen (secondary N) is 1. The van der Waals surface area contributed by atoms with Crippen LogP contribution in [0.2, 0.25) is 0 Å². The Morgan fingerprint density at radius 1 is 1.44 bits per heavy atom. The number of alkyl halides is 1. The molecule has 1 atom stereocenters. The second-order valence-electron chi connectivity index (χ2n) is 4.46. The lowest BCUT2D eigenvalue weighted by atomic mass is 10.1. The van der Waals surface area contributed by atoms with Crippen LogP contribution in [0.4, 0.5) is 0 Å². The van der Waals surface area contributed by atoms with Gasteiger partial charge in [0.05, 0.1) is 10.8 Å². The van der Waals surface area contributed by atoms with Gasteiger partial charge in [0.15, 0.2) is 0 Å². The Balaban J connectivity index is 2.95. The van der Waals surface area contributed by atoms with Crippen LogP contribution < -0.4 is 0 Å². The van der Waals surface area contributed by atoms with E-state index < -0.39 is 10.0 Å². The molecule has 0 saturated carbocycles. The second-order valence-corrected chi connectivity index (χ2v) is 6.67. The minimum absolute atomic E-state index is 0.285. The van der Waals surface area contributed by atoms with Crippen LogP contribution in [0.25, 0.3) is 0 Å². The molecule has 6 heteroatoms. The summed E-state index contributed by atoms with van der Waals surface area (Å²) in [6.07, 6.45) is 2.47. The van der Waals surface area contributed by atoms with Crippen molar-refractivity contribution in [2.24, 2.45) is 5.92 Å². The van der Waals surface area contributed by atoms with E-state index in [2.05, 4.69) is 18.8 Å². The average Bonchev–Trinajstić information content (AvgIpc) is 2.84. The normalized spacial score (nSPS) is 14.1. The molecule has 1 N–H and O–H groups in total. The van der Waals surface area contributed by atoms with Gasteiger partial charge < -0.3 is 4.98 Å². The van der Waals surface area contributed by atoms with E-state index in [0.717, 1.165) is 12.1 Å². The molecule has 104 valence electrons. The van der Waals surface area contributed by atoms with Crippen LogP contribution in [0.1, 0.15) is 32.9 Å². The summed E-state index contributed by atoms with van der Waals surface area (Å²) < 4.78 is 26.3. The van der Waals surface area contributed by atoms with E-state index in [-0.39, 0.29) is 5.88 Å². The van der Waals surface area contributed by atoms with Crippen molar-refractivity contribution in [2.75, 3.05) is 13.1 Å². The SMILES string of the molecule is CCC(C)CN(CC)S(=O)(=O)c1c[nH]c(CCl)c1. The van der Waals surface area contributed by atoms with E-state index in [9.17, 15) is 8.42 Å². The van der Waals surface area contributed by atoms with Crippen molar-refractivity contribution in [3.05, 3.63) is 18.0 Å². The number of sulfonamides is 1.